The van der Waals surface area contributed by atoms with Crippen molar-refractivity contribution >= 4 is 19.6 Å². The number of phosphoric acid groups is 1. The summed E-state index contributed by atoms with van der Waals surface area (Å²) in [6.07, 6.45) is 22.6. The smallest absolute Gasteiger partial charge is 0.396 e. The van der Waals surface area contributed by atoms with Gasteiger partial charge in [0.15, 0.2) is 0 Å². The van der Waals surface area contributed by atoms with Gasteiger partial charge in [-0.25, -0.2) is 4.57 Å². The zero-order valence-corrected chi connectivity index (χ0v) is 20.8. The highest BCUT2D eigenvalue weighted by atomic mass is 32.2. The molecule has 0 aromatic carbocycles. The molecule has 0 saturated heterocycles. The molecule has 0 aliphatic rings. The highest BCUT2D eigenvalue weighted by Gasteiger charge is 2.00. The highest BCUT2D eigenvalue weighted by molar-refractivity contribution is 7.99. The molecule has 0 rings (SSSR count). The van der Waals surface area contributed by atoms with E-state index < -0.39 is 7.82 Å². The van der Waals surface area contributed by atoms with Gasteiger partial charge in [0.05, 0.1) is 0 Å². The second-order valence-corrected chi connectivity index (χ2v) is 10.6. The van der Waals surface area contributed by atoms with Gasteiger partial charge in [0.2, 0.25) is 0 Å². The number of aliphatic hydroxyl groups excluding tert-OH is 1. The molecule has 0 atom stereocenters. The molecule has 0 aliphatic heterocycles. The van der Waals surface area contributed by atoms with Crippen molar-refractivity contribution in [2.24, 2.45) is 5.92 Å². The third kappa shape index (κ3) is 43.2. The Hall–Kier alpha value is 0.420. The Morgan fingerprint density at radius 2 is 0.931 bits per heavy atom. The van der Waals surface area contributed by atoms with Crippen LogP contribution in [0.5, 0.6) is 0 Å². The van der Waals surface area contributed by atoms with E-state index in [1.807, 2.05) is 11.8 Å². The van der Waals surface area contributed by atoms with Gasteiger partial charge in [0.25, 0.3) is 0 Å². The summed E-state index contributed by atoms with van der Waals surface area (Å²) in [6, 6.07) is 0. The number of rotatable bonds is 20. The van der Waals surface area contributed by atoms with Gasteiger partial charge in [-0.3, -0.25) is 0 Å². The van der Waals surface area contributed by atoms with Crippen LogP contribution in [-0.2, 0) is 4.57 Å². The van der Waals surface area contributed by atoms with Crippen molar-refractivity contribution in [3.8, 4) is 0 Å². The van der Waals surface area contributed by atoms with Crippen molar-refractivity contribution in [2.75, 3.05) is 18.1 Å². The lowest BCUT2D eigenvalue weighted by Gasteiger charge is -2.05. The van der Waals surface area contributed by atoms with Gasteiger partial charge in [-0.2, -0.15) is 11.8 Å². The Balaban J connectivity index is 0. The summed E-state index contributed by atoms with van der Waals surface area (Å²) >= 11 is 2.00. The number of hydrogen-bond donors (Lipinski definition) is 4. The van der Waals surface area contributed by atoms with Gasteiger partial charge in [0.1, 0.15) is 0 Å². The first-order valence-corrected chi connectivity index (χ1v) is 14.5. The molecule has 0 radical (unpaired) electrons. The second kappa shape index (κ2) is 24.7. The van der Waals surface area contributed by atoms with Gasteiger partial charge < -0.3 is 19.8 Å². The third-order valence-electron chi connectivity index (χ3n) is 4.77. The zero-order valence-electron chi connectivity index (χ0n) is 19.1. The normalized spacial score (nSPS) is 11.6. The fourth-order valence-corrected chi connectivity index (χ4v) is 4.09. The summed E-state index contributed by atoms with van der Waals surface area (Å²) in [7, 11) is -4.64. The number of hydrogen-bond acceptors (Lipinski definition) is 3. The first kappa shape index (κ1) is 31.6. The van der Waals surface area contributed by atoms with E-state index in [0.29, 0.717) is 6.61 Å². The van der Waals surface area contributed by atoms with Crippen LogP contribution in [-0.4, -0.2) is 37.9 Å². The SMILES string of the molecule is CC(C)CCCCCCCCCCCCCCCCSCCCO.O=P(O)(O)O. The molecule has 0 aromatic heterocycles. The van der Waals surface area contributed by atoms with Crippen LogP contribution in [0.15, 0.2) is 0 Å². The standard InChI is InChI=1S/C22H46OS.H3O4P/c1-22(2)18-15-13-11-9-7-5-3-4-6-8-10-12-14-16-20-24-21-17-19-23;1-5(2,3)4/h22-23H,3-21H2,1-2H3;(H3,1,2,3,4). The van der Waals surface area contributed by atoms with Crippen LogP contribution in [0.2, 0.25) is 0 Å². The topological polar surface area (TPSA) is 98.0 Å². The monoisotopic (exact) mass is 456 g/mol. The van der Waals surface area contributed by atoms with Crippen LogP contribution < -0.4 is 0 Å². The maximum absolute atomic E-state index is 8.88. The van der Waals surface area contributed by atoms with E-state index in [1.54, 1.807) is 0 Å². The van der Waals surface area contributed by atoms with Gasteiger partial charge in [-0.15, -0.1) is 0 Å². The molecule has 0 bridgehead atoms. The molecule has 0 aromatic rings. The van der Waals surface area contributed by atoms with Crippen molar-refractivity contribution in [3.63, 3.8) is 0 Å². The van der Waals surface area contributed by atoms with Gasteiger partial charge in [0, 0.05) is 6.61 Å². The molecule has 178 valence electrons. The molecular formula is C22H49O5PS. The number of unbranched alkanes of at least 4 members (excludes halogenated alkanes) is 13. The minimum absolute atomic E-state index is 0.352. The molecule has 0 saturated carbocycles. The van der Waals surface area contributed by atoms with Crippen LogP contribution in [0.25, 0.3) is 0 Å². The van der Waals surface area contributed by atoms with E-state index in [9.17, 15) is 0 Å². The summed E-state index contributed by atoms with van der Waals surface area (Å²) in [5, 5.41) is 8.70. The fraction of sp³-hybridized carbons (Fsp3) is 1.00. The van der Waals surface area contributed by atoms with Gasteiger partial charge in [-0.1, -0.05) is 104 Å². The molecule has 29 heavy (non-hydrogen) atoms. The molecule has 0 fully saturated rings. The Kier molecular flexibility index (Phi) is 26.9. The maximum atomic E-state index is 8.88. The number of thioether (sulfide) groups is 1. The minimum atomic E-state index is -4.64. The van der Waals surface area contributed by atoms with E-state index in [4.69, 9.17) is 24.4 Å². The van der Waals surface area contributed by atoms with Crippen molar-refractivity contribution < 1.29 is 24.4 Å². The fourth-order valence-electron chi connectivity index (χ4n) is 3.15. The van der Waals surface area contributed by atoms with Gasteiger partial charge >= 0.3 is 7.82 Å². The van der Waals surface area contributed by atoms with Crippen LogP contribution in [0.3, 0.4) is 0 Å². The van der Waals surface area contributed by atoms with Crippen LogP contribution in [0.1, 0.15) is 117 Å². The largest absolute Gasteiger partial charge is 0.466 e. The Morgan fingerprint density at radius 3 is 1.28 bits per heavy atom. The molecule has 7 heteroatoms. The molecule has 5 nitrogen and oxygen atoms in total. The van der Waals surface area contributed by atoms with Crippen molar-refractivity contribution in [2.45, 2.75) is 117 Å². The van der Waals surface area contributed by atoms with E-state index in [2.05, 4.69) is 13.8 Å². The first-order valence-electron chi connectivity index (χ1n) is 11.7. The summed E-state index contributed by atoms with van der Waals surface area (Å²) in [5.74, 6) is 3.31. The van der Waals surface area contributed by atoms with Crippen LogP contribution in [0, 0.1) is 5.92 Å². The van der Waals surface area contributed by atoms with E-state index in [-0.39, 0.29) is 0 Å². The van der Waals surface area contributed by atoms with Crippen LogP contribution in [0.4, 0.5) is 0 Å². The van der Waals surface area contributed by atoms with E-state index in [0.717, 1.165) is 18.1 Å². The zero-order chi connectivity index (χ0) is 22.2. The van der Waals surface area contributed by atoms with E-state index >= 15 is 0 Å². The molecule has 0 spiro atoms. The average Bonchev–Trinajstić information content (AvgIpc) is 2.62. The molecule has 0 aliphatic carbocycles. The molecule has 4 N–H and O–H groups in total. The van der Waals surface area contributed by atoms with Crippen molar-refractivity contribution in [1.29, 1.82) is 0 Å². The van der Waals surface area contributed by atoms with Crippen molar-refractivity contribution in [1.82, 2.24) is 0 Å². The molecule has 0 heterocycles. The first-order chi connectivity index (χ1) is 13.8. The lowest BCUT2D eigenvalue weighted by Crippen LogP contribution is -1.88. The van der Waals surface area contributed by atoms with Crippen molar-refractivity contribution in [3.05, 3.63) is 0 Å². The van der Waals surface area contributed by atoms with E-state index in [1.165, 1.54) is 102 Å². The third-order valence-corrected chi connectivity index (χ3v) is 5.92. The molecular weight excluding hydrogens is 407 g/mol. The Morgan fingerprint density at radius 1 is 0.621 bits per heavy atom. The van der Waals surface area contributed by atoms with Gasteiger partial charge in [-0.05, 0) is 30.3 Å². The summed E-state index contributed by atoms with van der Waals surface area (Å²) in [5.41, 5.74) is 0. The predicted octanol–water partition coefficient (Wildman–Crippen LogP) is 6.68. The molecule has 0 amide bonds. The summed E-state index contributed by atoms with van der Waals surface area (Å²) < 4.78 is 8.88. The lowest BCUT2D eigenvalue weighted by molar-refractivity contribution is 0.275. The predicted molar refractivity (Wildman–Crippen MR) is 127 cm³/mol. The summed E-state index contributed by atoms with van der Waals surface area (Å²) in [4.78, 5) is 21.6. The molecule has 0 unspecified atom stereocenters. The Labute approximate surface area is 184 Å². The van der Waals surface area contributed by atoms with Crippen LogP contribution >= 0.6 is 19.6 Å². The highest BCUT2D eigenvalue weighted by Crippen LogP contribution is 2.25. The number of aliphatic hydroxyl groups is 1. The summed E-state index contributed by atoms with van der Waals surface area (Å²) in [6.45, 7) is 5.02. The quantitative estimate of drug-likeness (QED) is 0.120. The lowest BCUT2D eigenvalue weighted by atomic mass is 10.0. The average molecular weight is 457 g/mol. The maximum Gasteiger partial charge on any atom is 0.466 e. The minimum Gasteiger partial charge on any atom is -0.396 e. The Bertz CT molecular complexity index is 342. The second-order valence-electron chi connectivity index (χ2n) is 8.34.